The summed E-state index contributed by atoms with van der Waals surface area (Å²) in [7, 11) is 1.66. The van der Waals surface area contributed by atoms with E-state index < -0.39 is 0 Å². The zero-order chi connectivity index (χ0) is 14.1. The molecule has 0 radical (unpaired) electrons. The number of nitrogens with zero attached hydrogens (tertiary/aromatic N) is 3. The number of ether oxygens (including phenoxy) is 1. The molecule has 1 unspecified atom stereocenters. The van der Waals surface area contributed by atoms with Crippen molar-refractivity contribution in [3.8, 4) is 0 Å². The Morgan fingerprint density at radius 1 is 1.30 bits per heavy atom. The van der Waals surface area contributed by atoms with Gasteiger partial charge in [-0.2, -0.15) is 0 Å². The fourth-order valence-corrected chi connectivity index (χ4v) is 3.12. The van der Waals surface area contributed by atoms with Crippen LogP contribution in [-0.4, -0.2) is 36.1 Å². The van der Waals surface area contributed by atoms with Crippen LogP contribution in [0.4, 0.5) is 11.5 Å². The number of aryl methyl sites for hydroxylation is 1. The quantitative estimate of drug-likeness (QED) is 0.855. The molecule has 1 fully saturated rings. The standard InChI is InChI=1S/C14H21N5O/c1-8-17-11-10(7-9-3-5-16-6-4-9)14(20-2)19-12(11)13(15)18-8/h9-10,16H,3-7H2,1-2H3,(H2,15,17,18). The molecule has 3 rings (SSSR count). The van der Waals surface area contributed by atoms with Gasteiger partial charge in [-0.05, 0) is 45.2 Å². The zero-order valence-corrected chi connectivity index (χ0v) is 12.0. The summed E-state index contributed by atoms with van der Waals surface area (Å²) in [4.78, 5) is 13.2. The lowest BCUT2D eigenvalue weighted by atomic mass is 9.86. The zero-order valence-electron chi connectivity index (χ0n) is 12.0. The molecule has 20 heavy (non-hydrogen) atoms. The predicted molar refractivity (Wildman–Crippen MR) is 78.2 cm³/mol. The van der Waals surface area contributed by atoms with E-state index in [1.807, 2.05) is 6.92 Å². The van der Waals surface area contributed by atoms with E-state index in [4.69, 9.17) is 10.5 Å². The summed E-state index contributed by atoms with van der Waals surface area (Å²) >= 11 is 0. The third kappa shape index (κ3) is 2.35. The summed E-state index contributed by atoms with van der Waals surface area (Å²) in [5, 5.41) is 3.40. The predicted octanol–water partition coefficient (Wildman–Crippen LogP) is 1.53. The van der Waals surface area contributed by atoms with Crippen LogP contribution in [-0.2, 0) is 4.74 Å². The first-order valence-corrected chi connectivity index (χ1v) is 7.16. The normalized spacial score (nSPS) is 22.5. The number of rotatable bonds is 2. The monoisotopic (exact) mass is 275 g/mol. The van der Waals surface area contributed by atoms with Gasteiger partial charge in [0.25, 0.3) is 0 Å². The summed E-state index contributed by atoms with van der Waals surface area (Å²) in [6.45, 7) is 4.05. The van der Waals surface area contributed by atoms with Crippen LogP contribution in [0.25, 0.3) is 0 Å². The third-order valence-corrected chi connectivity index (χ3v) is 4.14. The SMILES string of the molecule is COC1=Nc2c(N)nc(C)nc2C1CC1CCNCC1. The van der Waals surface area contributed by atoms with Gasteiger partial charge in [0.2, 0.25) is 0 Å². The lowest BCUT2D eigenvalue weighted by Gasteiger charge is -2.25. The maximum absolute atomic E-state index is 5.96. The minimum atomic E-state index is 0.127. The van der Waals surface area contributed by atoms with Gasteiger partial charge in [-0.1, -0.05) is 0 Å². The number of anilines is 1. The van der Waals surface area contributed by atoms with Crippen molar-refractivity contribution in [2.45, 2.75) is 32.1 Å². The van der Waals surface area contributed by atoms with E-state index in [1.54, 1.807) is 7.11 Å². The first kappa shape index (κ1) is 13.3. The Balaban J connectivity index is 1.88. The Kier molecular flexibility index (Phi) is 3.56. The number of nitrogen functional groups attached to an aromatic ring is 1. The molecule has 1 aromatic rings. The van der Waals surface area contributed by atoms with E-state index in [-0.39, 0.29) is 5.92 Å². The molecule has 0 bridgehead atoms. The van der Waals surface area contributed by atoms with Crippen molar-refractivity contribution in [3.05, 3.63) is 11.5 Å². The average molecular weight is 275 g/mol. The molecule has 2 aliphatic heterocycles. The van der Waals surface area contributed by atoms with Crippen LogP contribution in [0.5, 0.6) is 0 Å². The molecule has 6 nitrogen and oxygen atoms in total. The molecule has 6 heteroatoms. The number of fused-ring (bicyclic) bond motifs is 1. The molecule has 108 valence electrons. The Morgan fingerprint density at radius 3 is 2.75 bits per heavy atom. The molecule has 0 aliphatic carbocycles. The minimum absolute atomic E-state index is 0.127. The number of nitrogens with one attached hydrogen (secondary N) is 1. The van der Waals surface area contributed by atoms with E-state index in [0.717, 1.165) is 31.1 Å². The van der Waals surface area contributed by atoms with Crippen molar-refractivity contribution >= 4 is 17.4 Å². The van der Waals surface area contributed by atoms with Gasteiger partial charge in [-0.15, -0.1) is 0 Å². The smallest absolute Gasteiger partial charge is 0.197 e. The van der Waals surface area contributed by atoms with Gasteiger partial charge < -0.3 is 15.8 Å². The van der Waals surface area contributed by atoms with Crippen LogP contribution in [0.3, 0.4) is 0 Å². The highest BCUT2D eigenvalue weighted by atomic mass is 16.5. The van der Waals surface area contributed by atoms with Gasteiger partial charge in [0.15, 0.2) is 11.7 Å². The lowest BCUT2D eigenvalue weighted by Crippen LogP contribution is -2.29. The van der Waals surface area contributed by atoms with Gasteiger partial charge in [0.1, 0.15) is 11.5 Å². The largest absolute Gasteiger partial charge is 0.484 e. The average Bonchev–Trinajstić information content (AvgIpc) is 2.78. The van der Waals surface area contributed by atoms with Crippen LogP contribution in [0.2, 0.25) is 0 Å². The summed E-state index contributed by atoms with van der Waals surface area (Å²) < 4.78 is 5.45. The first-order chi connectivity index (χ1) is 9.69. The minimum Gasteiger partial charge on any atom is -0.484 e. The van der Waals surface area contributed by atoms with E-state index in [2.05, 4.69) is 20.3 Å². The van der Waals surface area contributed by atoms with Gasteiger partial charge in [0, 0.05) is 0 Å². The van der Waals surface area contributed by atoms with Crippen LogP contribution in [0.15, 0.2) is 4.99 Å². The second-order valence-electron chi connectivity index (χ2n) is 5.53. The highest BCUT2D eigenvalue weighted by molar-refractivity contribution is 5.93. The maximum atomic E-state index is 5.96. The number of aliphatic imine (C=N–C) groups is 1. The van der Waals surface area contributed by atoms with Gasteiger partial charge >= 0.3 is 0 Å². The second kappa shape index (κ2) is 5.36. The molecule has 0 aromatic carbocycles. The molecule has 1 atom stereocenters. The van der Waals surface area contributed by atoms with Crippen LogP contribution < -0.4 is 11.1 Å². The molecular formula is C14H21N5O. The number of nitrogens with two attached hydrogens (primary N) is 1. The molecule has 0 amide bonds. The molecule has 3 heterocycles. The van der Waals surface area contributed by atoms with Crippen molar-refractivity contribution < 1.29 is 4.74 Å². The molecular weight excluding hydrogens is 254 g/mol. The molecule has 1 saturated heterocycles. The van der Waals surface area contributed by atoms with Gasteiger partial charge in [0.05, 0.1) is 18.7 Å². The number of hydrogen-bond acceptors (Lipinski definition) is 6. The number of methoxy groups -OCH3 is 1. The van der Waals surface area contributed by atoms with Crippen molar-refractivity contribution in [1.29, 1.82) is 0 Å². The third-order valence-electron chi connectivity index (χ3n) is 4.14. The van der Waals surface area contributed by atoms with Crippen LogP contribution in [0.1, 0.15) is 36.7 Å². The Morgan fingerprint density at radius 2 is 2.05 bits per heavy atom. The van der Waals surface area contributed by atoms with Crippen molar-refractivity contribution in [2.75, 3.05) is 25.9 Å². The van der Waals surface area contributed by atoms with Crippen molar-refractivity contribution in [3.63, 3.8) is 0 Å². The van der Waals surface area contributed by atoms with E-state index in [1.165, 1.54) is 12.8 Å². The molecule has 2 aliphatic rings. The summed E-state index contributed by atoms with van der Waals surface area (Å²) in [6, 6.07) is 0. The van der Waals surface area contributed by atoms with Gasteiger partial charge in [-0.25, -0.2) is 15.0 Å². The topological polar surface area (TPSA) is 85.4 Å². The van der Waals surface area contributed by atoms with E-state index in [0.29, 0.717) is 23.2 Å². The summed E-state index contributed by atoms with van der Waals surface area (Å²) in [5.74, 6) is 2.69. The Bertz CT molecular complexity index is 537. The van der Waals surface area contributed by atoms with Crippen LogP contribution in [0, 0.1) is 12.8 Å². The fraction of sp³-hybridized carbons (Fsp3) is 0.643. The molecule has 0 saturated carbocycles. The van der Waals surface area contributed by atoms with Gasteiger partial charge in [-0.3, -0.25) is 0 Å². The first-order valence-electron chi connectivity index (χ1n) is 7.16. The van der Waals surface area contributed by atoms with E-state index >= 15 is 0 Å². The summed E-state index contributed by atoms with van der Waals surface area (Å²) in [6.07, 6.45) is 3.42. The van der Waals surface area contributed by atoms with E-state index in [9.17, 15) is 0 Å². The lowest BCUT2D eigenvalue weighted by molar-refractivity contribution is 0.324. The Hall–Kier alpha value is -1.69. The summed E-state index contributed by atoms with van der Waals surface area (Å²) in [5.41, 5.74) is 7.60. The van der Waals surface area contributed by atoms with Crippen LogP contribution >= 0.6 is 0 Å². The number of hydrogen-bond donors (Lipinski definition) is 2. The second-order valence-corrected chi connectivity index (χ2v) is 5.53. The van der Waals surface area contributed by atoms with Crippen molar-refractivity contribution in [2.24, 2.45) is 10.9 Å². The highest BCUT2D eigenvalue weighted by Gasteiger charge is 2.34. The van der Waals surface area contributed by atoms with Crippen molar-refractivity contribution in [1.82, 2.24) is 15.3 Å². The highest BCUT2D eigenvalue weighted by Crippen LogP contribution is 2.41. The molecule has 1 aromatic heterocycles. The maximum Gasteiger partial charge on any atom is 0.197 e. The molecule has 0 spiro atoms. The Labute approximate surface area is 118 Å². The number of aromatic nitrogens is 2. The fourth-order valence-electron chi connectivity index (χ4n) is 3.12. The number of piperidine rings is 1. The molecule has 3 N–H and O–H groups in total.